The van der Waals surface area contributed by atoms with Crippen molar-refractivity contribution in [2.75, 3.05) is 13.6 Å². The number of hydrogen-bond donors (Lipinski definition) is 1. The normalized spacial score (nSPS) is 10.4. The molecule has 1 rings (SSSR count). The minimum Gasteiger partial charge on any atom is -0.341 e. The molecule has 0 radical (unpaired) electrons. The summed E-state index contributed by atoms with van der Waals surface area (Å²) in [5.74, 6) is -1.31. The first-order chi connectivity index (χ1) is 8.54. The van der Waals surface area contributed by atoms with Crippen molar-refractivity contribution in [1.82, 2.24) is 4.90 Å². The molecule has 0 unspecified atom stereocenters. The first-order valence-corrected chi connectivity index (χ1v) is 5.92. The Bertz CT molecular complexity index is 410. The number of nitrogens with two attached hydrogens (primary N) is 1. The van der Waals surface area contributed by atoms with Gasteiger partial charge in [-0.1, -0.05) is 6.07 Å². The summed E-state index contributed by atoms with van der Waals surface area (Å²) >= 11 is 0. The number of nitrogens with zero attached hydrogens (tertiary/aromatic N) is 1. The molecule has 0 bridgehead atoms. The van der Waals surface area contributed by atoms with Crippen molar-refractivity contribution in [3.63, 3.8) is 0 Å². The Morgan fingerprint density at radius 2 is 2.06 bits per heavy atom. The van der Waals surface area contributed by atoms with Gasteiger partial charge in [-0.25, -0.2) is 8.78 Å². The Balaban J connectivity index is 2.53. The Kier molecular flexibility index (Phi) is 5.71. The van der Waals surface area contributed by atoms with E-state index in [1.807, 2.05) is 0 Å². The van der Waals surface area contributed by atoms with Crippen molar-refractivity contribution < 1.29 is 13.6 Å². The molecule has 1 amide bonds. The summed E-state index contributed by atoms with van der Waals surface area (Å²) in [6.07, 6.45) is 1.92. The summed E-state index contributed by atoms with van der Waals surface area (Å²) in [5, 5.41) is 0. The van der Waals surface area contributed by atoms with Crippen molar-refractivity contribution in [2.24, 2.45) is 5.73 Å². The van der Waals surface area contributed by atoms with Gasteiger partial charge in [0, 0.05) is 31.6 Å². The van der Waals surface area contributed by atoms with E-state index in [0.717, 1.165) is 18.9 Å². The fraction of sp³-hybridized carbons (Fsp3) is 0.462. The molecule has 0 saturated carbocycles. The first kappa shape index (κ1) is 14.6. The molecule has 100 valence electrons. The molecule has 0 aromatic heterocycles. The van der Waals surface area contributed by atoms with Gasteiger partial charge in [0.25, 0.3) is 0 Å². The van der Waals surface area contributed by atoms with E-state index in [0.29, 0.717) is 18.5 Å². The second-order valence-corrected chi connectivity index (χ2v) is 4.23. The Morgan fingerprint density at radius 1 is 1.33 bits per heavy atom. The lowest BCUT2D eigenvalue weighted by molar-refractivity contribution is -0.130. The maximum Gasteiger partial charge on any atom is 0.222 e. The highest BCUT2D eigenvalue weighted by atomic mass is 19.1. The molecule has 5 heteroatoms. The highest BCUT2D eigenvalue weighted by molar-refractivity contribution is 5.75. The number of unbranched alkanes of at least 4 members (excludes halogenated alkanes) is 1. The van der Waals surface area contributed by atoms with Crippen LogP contribution in [0.2, 0.25) is 0 Å². The van der Waals surface area contributed by atoms with Crippen molar-refractivity contribution in [2.45, 2.75) is 25.8 Å². The van der Waals surface area contributed by atoms with Gasteiger partial charge < -0.3 is 10.6 Å². The number of benzene rings is 1. The summed E-state index contributed by atoms with van der Waals surface area (Å²) < 4.78 is 26.1. The average molecular weight is 256 g/mol. The van der Waals surface area contributed by atoms with Crippen LogP contribution in [0.4, 0.5) is 8.78 Å². The van der Waals surface area contributed by atoms with Crippen molar-refractivity contribution in [3.8, 4) is 0 Å². The number of halogens is 2. The van der Waals surface area contributed by atoms with Gasteiger partial charge in [-0.15, -0.1) is 0 Å². The third-order valence-electron chi connectivity index (χ3n) is 2.69. The topological polar surface area (TPSA) is 46.3 Å². The molecule has 0 fully saturated rings. The van der Waals surface area contributed by atoms with E-state index < -0.39 is 11.6 Å². The molecular formula is C13H18F2N2O. The van der Waals surface area contributed by atoms with Crippen molar-refractivity contribution >= 4 is 5.91 Å². The Hall–Kier alpha value is -1.49. The standard InChI is InChI=1S/C13H18F2N2O/c1-17(13(18)4-2-3-7-16)9-10-5-6-11(14)8-12(10)15/h5-6,8H,2-4,7,9,16H2,1H3. The molecule has 0 saturated heterocycles. The number of amides is 1. The summed E-state index contributed by atoms with van der Waals surface area (Å²) in [5.41, 5.74) is 5.65. The largest absolute Gasteiger partial charge is 0.341 e. The SMILES string of the molecule is CN(Cc1ccc(F)cc1F)C(=O)CCCCN. The maximum atomic E-state index is 13.4. The zero-order valence-electron chi connectivity index (χ0n) is 10.5. The summed E-state index contributed by atoms with van der Waals surface area (Å²) in [6, 6.07) is 3.36. The highest BCUT2D eigenvalue weighted by Gasteiger charge is 2.11. The van der Waals surface area contributed by atoms with Gasteiger partial charge in [-0.3, -0.25) is 4.79 Å². The molecule has 0 heterocycles. The monoisotopic (exact) mass is 256 g/mol. The molecule has 0 spiro atoms. The van der Waals surface area contributed by atoms with Gasteiger partial charge in [0.05, 0.1) is 0 Å². The molecule has 3 nitrogen and oxygen atoms in total. The van der Waals surface area contributed by atoms with Crippen LogP contribution in [0.15, 0.2) is 18.2 Å². The van der Waals surface area contributed by atoms with Gasteiger partial charge in [0.15, 0.2) is 0 Å². The predicted molar refractivity (Wildman–Crippen MR) is 65.7 cm³/mol. The minimum absolute atomic E-state index is 0.0628. The van der Waals surface area contributed by atoms with Gasteiger partial charge in [-0.2, -0.15) is 0 Å². The lowest BCUT2D eigenvalue weighted by Gasteiger charge is -2.17. The number of rotatable bonds is 6. The molecule has 18 heavy (non-hydrogen) atoms. The quantitative estimate of drug-likeness (QED) is 0.792. The zero-order chi connectivity index (χ0) is 13.5. The Morgan fingerprint density at radius 3 is 2.67 bits per heavy atom. The average Bonchev–Trinajstić information content (AvgIpc) is 2.32. The summed E-state index contributed by atoms with van der Waals surface area (Å²) in [4.78, 5) is 13.1. The smallest absolute Gasteiger partial charge is 0.222 e. The van der Waals surface area contributed by atoms with Gasteiger partial charge in [-0.05, 0) is 25.5 Å². The predicted octanol–water partition coefficient (Wildman–Crippen LogP) is 2.05. The van der Waals surface area contributed by atoms with E-state index in [1.54, 1.807) is 7.05 Å². The lowest BCUT2D eigenvalue weighted by Crippen LogP contribution is -2.26. The van der Waals surface area contributed by atoms with Crippen LogP contribution in [0.25, 0.3) is 0 Å². The fourth-order valence-corrected chi connectivity index (χ4v) is 1.61. The second-order valence-electron chi connectivity index (χ2n) is 4.23. The number of carbonyl (C=O) groups is 1. The third kappa shape index (κ3) is 4.41. The fourth-order valence-electron chi connectivity index (χ4n) is 1.61. The van der Waals surface area contributed by atoms with E-state index in [1.165, 1.54) is 17.0 Å². The molecular weight excluding hydrogens is 238 g/mol. The molecule has 0 aliphatic rings. The van der Waals surface area contributed by atoms with Crippen LogP contribution in [0.1, 0.15) is 24.8 Å². The van der Waals surface area contributed by atoms with Crippen LogP contribution in [-0.2, 0) is 11.3 Å². The van der Waals surface area contributed by atoms with Crippen LogP contribution < -0.4 is 5.73 Å². The zero-order valence-corrected chi connectivity index (χ0v) is 10.5. The molecule has 0 atom stereocenters. The Labute approximate surface area is 106 Å². The summed E-state index contributed by atoms with van der Waals surface area (Å²) in [7, 11) is 1.60. The van der Waals surface area contributed by atoms with E-state index in [9.17, 15) is 13.6 Å². The molecule has 2 N–H and O–H groups in total. The lowest BCUT2D eigenvalue weighted by atomic mass is 10.1. The maximum absolute atomic E-state index is 13.4. The van der Waals surface area contributed by atoms with E-state index >= 15 is 0 Å². The molecule has 1 aromatic carbocycles. The van der Waals surface area contributed by atoms with Gasteiger partial charge >= 0.3 is 0 Å². The highest BCUT2D eigenvalue weighted by Crippen LogP contribution is 2.12. The van der Waals surface area contributed by atoms with E-state index in [-0.39, 0.29) is 12.5 Å². The van der Waals surface area contributed by atoms with Crippen LogP contribution in [0.3, 0.4) is 0 Å². The van der Waals surface area contributed by atoms with E-state index in [4.69, 9.17) is 5.73 Å². The van der Waals surface area contributed by atoms with Crippen molar-refractivity contribution in [1.29, 1.82) is 0 Å². The number of hydrogen-bond acceptors (Lipinski definition) is 2. The molecule has 0 aliphatic carbocycles. The summed E-state index contributed by atoms with van der Waals surface area (Å²) in [6.45, 7) is 0.706. The van der Waals surface area contributed by atoms with Crippen molar-refractivity contribution in [3.05, 3.63) is 35.4 Å². The number of carbonyl (C=O) groups excluding carboxylic acids is 1. The van der Waals surface area contributed by atoms with Crippen LogP contribution in [0.5, 0.6) is 0 Å². The van der Waals surface area contributed by atoms with Crippen LogP contribution >= 0.6 is 0 Å². The van der Waals surface area contributed by atoms with Crippen LogP contribution in [-0.4, -0.2) is 24.4 Å². The van der Waals surface area contributed by atoms with Gasteiger partial charge in [0.1, 0.15) is 11.6 Å². The third-order valence-corrected chi connectivity index (χ3v) is 2.69. The second kappa shape index (κ2) is 7.06. The van der Waals surface area contributed by atoms with Gasteiger partial charge in [0.2, 0.25) is 5.91 Å². The molecule has 1 aromatic rings. The van der Waals surface area contributed by atoms with E-state index in [2.05, 4.69) is 0 Å². The minimum atomic E-state index is -0.628. The molecule has 0 aliphatic heterocycles. The van der Waals surface area contributed by atoms with Crippen LogP contribution in [0, 0.1) is 11.6 Å². The first-order valence-electron chi connectivity index (χ1n) is 5.92.